The van der Waals surface area contributed by atoms with Crippen LogP contribution in [-0.2, 0) is 4.74 Å². The summed E-state index contributed by atoms with van der Waals surface area (Å²) in [6, 6.07) is 12.2. The molecule has 5 rings (SSSR count). The average molecular weight is 518 g/mol. The summed E-state index contributed by atoms with van der Waals surface area (Å²) in [6.45, 7) is 9.68. The lowest BCUT2D eigenvalue weighted by Crippen LogP contribution is -2.31. The van der Waals surface area contributed by atoms with Crippen LogP contribution in [-0.4, -0.2) is 58.0 Å². The van der Waals surface area contributed by atoms with Crippen molar-refractivity contribution in [3.63, 3.8) is 0 Å². The van der Waals surface area contributed by atoms with Crippen molar-refractivity contribution in [2.24, 2.45) is 4.99 Å². The van der Waals surface area contributed by atoms with Gasteiger partial charge < -0.3 is 9.64 Å². The fourth-order valence-electron chi connectivity index (χ4n) is 4.97. The summed E-state index contributed by atoms with van der Waals surface area (Å²) < 4.78 is 21.0. The summed E-state index contributed by atoms with van der Waals surface area (Å²) in [5, 5.41) is 1.34. The molecule has 37 heavy (non-hydrogen) atoms. The quantitative estimate of drug-likeness (QED) is 0.295. The Morgan fingerprint density at radius 1 is 1.03 bits per heavy atom. The third-order valence-corrected chi connectivity index (χ3v) is 7.16. The number of halogens is 2. The minimum atomic E-state index is -0.388. The Labute approximate surface area is 221 Å². The number of pyridine rings is 3. The Hall–Kier alpha value is -3.42. The molecule has 0 N–H and O–H groups in total. The van der Waals surface area contributed by atoms with Crippen LogP contribution in [0, 0.1) is 5.82 Å². The molecular formula is C29H29ClFN5O. The maximum absolute atomic E-state index is 14.9. The molecule has 2 atom stereocenters. The second kappa shape index (κ2) is 10.9. The van der Waals surface area contributed by atoms with E-state index in [9.17, 15) is 4.39 Å². The van der Waals surface area contributed by atoms with Gasteiger partial charge in [-0.05, 0) is 73.6 Å². The highest BCUT2D eigenvalue weighted by Gasteiger charge is 2.32. The van der Waals surface area contributed by atoms with Gasteiger partial charge in [0.05, 0.1) is 17.3 Å². The molecule has 190 valence electrons. The van der Waals surface area contributed by atoms with Gasteiger partial charge in [-0.2, -0.15) is 0 Å². The molecule has 1 aliphatic heterocycles. The number of hydrogen-bond acceptors (Lipinski definition) is 6. The molecule has 2 unspecified atom stereocenters. The van der Waals surface area contributed by atoms with Crippen LogP contribution in [0.25, 0.3) is 22.3 Å². The van der Waals surface area contributed by atoms with Crippen molar-refractivity contribution >= 4 is 28.5 Å². The number of aliphatic imine (C=N–C) groups is 1. The molecule has 0 fully saturated rings. The van der Waals surface area contributed by atoms with E-state index in [0.717, 1.165) is 41.7 Å². The zero-order chi connectivity index (χ0) is 25.9. The first kappa shape index (κ1) is 25.2. The topological polar surface area (TPSA) is 63.5 Å². The molecule has 6 nitrogen and oxygen atoms in total. The summed E-state index contributed by atoms with van der Waals surface area (Å²) in [7, 11) is 0. The highest BCUT2D eigenvalue weighted by molar-refractivity contribution is 6.30. The Kier molecular flexibility index (Phi) is 7.44. The van der Waals surface area contributed by atoms with E-state index < -0.39 is 0 Å². The van der Waals surface area contributed by atoms with Crippen molar-refractivity contribution in [3.8, 4) is 11.3 Å². The van der Waals surface area contributed by atoms with Crippen LogP contribution in [0.1, 0.15) is 43.4 Å². The molecular weight excluding hydrogens is 489 g/mol. The third kappa shape index (κ3) is 5.06. The van der Waals surface area contributed by atoms with Crippen molar-refractivity contribution in [3.05, 3.63) is 88.6 Å². The predicted molar refractivity (Wildman–Crippen MR) is 146 cm³/mol. The van der Waals surface area contributed by atoms with Gasteiger partial charge in [-0.25, -0.2) is 19.4 Å². The van der Waals surface area contributed by atoms with Gasteiger partial charge in [0.2, 0.25) is 5.90 Å². The highest BCUT2D eigenvalue weighted by atomic mass is 35.5. The first-order valence-corrected chi connectivity index (χ1v) is 13.0. The molecule has 0 radical (unpaired) electrons. The number of benzene rings is 1. The van der Waals surface area contributed by atoms with Gasteiger partial charge in [0, 0.05) is 47.0 Å². The van der Waals surface area contributed by atoms with E-state index >= 15 is 0 Å². The Balaban J connectivity index is 1.60. The van der Waals surface area contributed by atoms with Crippen LogP contribution in [0.15, 0.2) is 66.0 Å². The lowest BCUT2D eigenvalue weighted by Gasteiger charge is -2.31. The zero-order valence-electron chi connectivity index (χ0n) is 21.2. The van der Waals surface area contributed by atoms with Gasteiger partial charge in [0.25, 0.3) is 0 Å². The van der Waals surface area contributed by atoms with Gasteiger partial charge in [-0.1, -0.05) is 25.4 Å². The van der Waals surface area contributed by atoms with Gasteiger partial charge >= 0.3 is 0 Å². The number of likely N-dealkylation sites (N-methyl/N-ethyl adjacent to an activating group) is 1. The van der Waals surface area contributed by atoms with E-state index in [1.54, 1.807) is 18.5 Å². The molecule has 8 heteroatoms. The number of fused-ring (bicyclic) bond motifs is 2. The molecule has 0 aliphatic carbocycles. The maximum Gasteiger partial charge on any atom is 0.218 e. The maximum atomic E-state index is 14.9. The molecule has 0 amide bonds. The standard InChI is InChI=1S/C29H29ClFN5O/c1-4-36(5-2)13-14-37-29-24-17-32-12-10-20(24)27(18(3)34-29)22-16-26(23-15-19(30)8-9-25(23)31)35-28-21(22)7-6-11-33-28/h6-12,15-18,27H,4-5,13-14H2,1-3H3. The molecule has 1 aromatic carbocycles. The van der Waals surface area contributed by atoms with Crippen molar-refractivity contribution in [2.75, 3.05) is 26.2 Å². The molecule has 0 bridgehead atoms. The SMILES string of the molecule is CCN(CC)CCOC1=NC(C)C(c2cc(-c3cc(Cl)ccc3F)nc3ncccc23)c2ccncc21. The first-order valence-electron chi connectivity index (χ1n) is 12.6. The number of rotatable bonds is 7. The third-order valence-electron chi connectivity index (χ3n) is 6.92. The number of aromatic nitrogens is 3. The fraction of sp³-hybridized carbons (Fsp3) is 0.310. The van der Waals surface area contributed by atoms with Crippen LogP contribution in [0.3, 0.4) is 0 Å². The van der Waals surface area contributed by atoms with Crippen LogP contribution in [0.4, 0.5) is 4.39 Å². The van der Waals surface area contributed by atoms with Crippen LogP contribution >= 0.6 is 11.6 Å². The lowest BCUT2D eigenvalue weighted by atomic mass is 9.80. The Bertz CT molecular complexity index is 1460. The molecule has 3 aromatic heterocycles. The highest BCUT2D eigenvalue weighted by Crippen LogP contribution is 2.40. The number of nitrogens with zero attached hydrogens (tertiary/aromatic N) is 5. The van der Waals surface area contributed by atoms with E-state index in [1.807, 2.05) is 30.5 Å². The fourth-order valence-corrected chi connectivity index (χ4v) is 5.14. The van der Waals surface area contributed by atoms with Gasteiger partial charge in [0.15, 0.2) is 5.65 Å². The summed E-state index contributed by atoms with van der Waals surface area (Å²) in [5.41, 5.74) is 4.26. The molecule has 0 spiro atoms. The monoisotopic (exact) mass is 517 g/mol. The molecule has 0 saturated heterocycles. The van der Waals surface area contributed by atoms with E-state index in [0.29, 0.717) is 34.4 Å². The molecule has 1 aliphatic rings. The van der Waals surface area contributed by atoms with Gasteiger partial charge in [-0.3, -0.25) is 4.98 Å². The molecule has 4 aromatic rings. The molecule has 4 heterocycles. The summed E-state index contributed by atoms with van der Waals surface area (Å²) in [5.74, 6) is 0.0989. The summed E-state index contributed by atoms with van der Waals surface area (Å²) in [4.78, 5) is 20.8. The first-order chi connectivity index (χ1) is 18.0. The van der Waals surface area contributed by atoms with Crippen LogP contribution in [0.2, 0.25) is 5.02 Å². The minimum Gasteiger partial charge on any atom is -0.476 e. The second-order valence-electron chi connectivity index (χ2n) is 9.09. The Morgan fingerprint density at radius 3 is 2.68 bits per heavy atom. The summed E-state index contributed by atoms with van der Waals surface area (Å²) in [6.07, 6.45) is 5.29. The predicted octanol–water partition coefficient (Wildman–Crippen LogP) is 6.12. The van der Waals surface area contributed by atoms with Crippen LogP contribution in [0.5, 0.6) is 0 Å². The molecule has 0 saturated carbocycles. The van der Waals surface area contributed by atoms with Crippen molar-refractivity contribution in [2.45, 2.75) is 32.7 Å². The van der Waals surface area contributed by atoms with Gasteiger partial charge in [-0.15, -0.1) is 0 Å². The Morgan fingerprint density at radius 2 is 1.86 bits per heavy atom. The van der Waals surface area contributed by atoms with E-state index in [1.165, 1.54) is 12.1 Å². The zero-order valence-corrected chi connectivity index (χ0v) is 21.9. The van der Waals surface area contributed by atoms with Gasteiger partial charge in [0.1, 0.15) is 12.4 Å². The smallest absolute Gasteiger partial charge is 0.218 e. The van der Waals surface area contributed by atoms with Crippen molar-refractivity contribution in [1.82, 2.24) is 19.9 Å². The normalized spacial score (nSPS) is 17.1. The summed E-state index contributed by atoms with van der Waals surface area (Å²) >= 11 is 6.21. The van der Waals surface area contributed by atoms with E-state index in [-0.39, 0.29) is 17.8 Å². The minimum absolute atomic E-state index is 0.121. The number of hydrogen-bond donors (Lipinski definition) is 0. The second-order valence-corrected chi connectivity index (χ2v) is 9.52. The number of ether oxygens (including phenoxy) is 1. The van der Waals surface area contributed by atoms with Crippen molar-refractivity contribution < 1.29 is 9.13 Å². The van der Waals surface area contributed by atoms with Crippen molar-refractivity contribution in [1.29, 1.82) is 0 Å². The average Bonchev–Trinajstić information content (AvgIpc) is 2.92. The van der Waals surface area contributed by atoms with Crippen LogP contribution < -0.4 is 0 Å². The van der Waals surface area contributed by atoms with E-state index in [2.05, 4.69) is 40.6 Å². The largest absolute Gasteiger partial charge is 0.476 e. The van der Waals surface area contributed by atoms with E-state index in [4.69, 9.17) is 21.3 Å². The lowest BCUT2D eigenvalue weighted by molar-refractivity contribution is 0.214.